The van der Waals surface area contributed by atoms with Gasteiger partial charge in [-0.3, -0.25) is 14.9 Å². The molecule has 0 radical (unpaired) electrons. The Balaban J connectivity index is 2.38. The Morgan fingerprint density at radius 1 is 1.19 bits per heavy atom. The van der Waals surface area contributed by atoms with Crippen LogP contribution in [0, 0.1) is 10.1 Å². The van der Waals surface area contributed by atoms with Crippen molar-refractivity contribution in [1.29, 1.82) is 0 Å². The second-order valence-electron chi connectivity index (χ2n) is 5.80. The van der Waals surface area contributed by atoms with E-state index in [0.29, 0.717) is 5.56 Å². The fourth-order valence-corrected chi connectivity index (χ4v) is 2.37. The number of amides is 1. The van der Waals surface area contributed by atoms with Crippen molar-refractivity contribution >= 4 is 35.2 Å². The van der Waals surface area contributed by atoms with Crippen molar-refractivity contribution in [3.63, 3.8) is 0 Å². The summed E-state index contributed by atoms with van der Waals surface area (Å²) in [6, 6.07) is 12.0. The lowest BCUT2D eigenvalue weighted by atomic mass is 10.1. The smallest absolute Gasteiger partial charge is 0.355 e. The lowest BCUT2D eigenvalue weighted by Gasteiger charge is -2.13. The normalized spacial score (nSPS) is 11.2. The van der Waals surface area contributed by atoms with Crippen molar-refractivity contribution < 1.29 is 19.2 Å². The van der Waals surface area contributed by atoms with E-state index in [9.17, 15) is 19.7 Å². The third-order valence-corrected chi connectivity index (χ3v) is 3.65. The molecule has 0 aliphatic heterocycles. The van der Waals surface area contributed by atoms with E-state index in [0.717, 1.165) is 0 Å². The Morgan fingerprint density at radius 2 is 1.89 bits per heavy atom. The summed E-state index contributed by atoms with van der Waals surface area (Å²) in [6.45, 7) is 3.33. The maximum Gasteiger partial charge on any atom is 0.355 e. The van der Waals surface area contributed by atoms with Gasteiger partial charge in [-0.2, -0.15) is 0 Å². The summed E-state index contributed by atoms with van der Waals surface area (Å²) < 4.78 is 5.14. The highest BCUT2D eigenvalue weighted by Crippen LogP contribution is 2.18. The van der Waals surface area contributed by atoms with Crippen LogP contribution in [0.25, 0.3) is 6.08 Å². The zero-order valence-corrected chi connectivity index (χ0v) is 15.4. The standard InChI is InChI=1S/C19H17ClN2O5/c1-12(2)27-19(24)17(11-13-6-5-7-14(10-13)22(25)26)21-18(23)15-8-3-4-9-16(15)20/h3-12H,1-2H3,(H,21,23). The molecule has 140 valence electrons. The molecule has 0 bridgehead atoms. The number of nitrogens with zero attached hydrogens (tertiary/aromatic N) is 1. The summed E-state index contributed by atoms with van der Waals surface area (Å²) in [5, 5.41) is 13.6. The molecule has 7 nitrogen and oxygen atoms in total. The van der Waals surface area contributed by atoms with Crippen LogP contribution in [0.15, 0.2) is 54.2 Å². The van der Waals surface area contributed by atoms with Gasteiger partial charge in [-0.1, -0.05) is 35.9 Å². The van der Waals surface area contributed by atoms with Gasteiger partial charge in [0.25, 0.3) is 11.6 Å². The van der Waals surface area contributed by atoms with Crippen LogP contribution in [0.2, 0.25) is 5.02 Å². The number of benzene rings is 2. The number of non-ortho nitro benzene ring substituents is 1. The number of nitro groups is 1. The first-order chi connectivity index (χ1) is 12.8. The first kappa shape index (κ1) is 20.1. The minimum atomic E-state index is -0.767. The molecule has 0 aromatic heterocycles. The van der Waals surface area contributed by atoms with E-state index in [1.807, 2.05) is 0 Å². The number of rotatable bonds is 6. The zero-order valence-electron chi connectivity index (χ0n) is 14.6. The summed E-state index contributed by atoms with van der Waals surface area (Å²) in [7, 11) is 0. The van der Waals surface area contributed by atoms with Gasteiger partial charge in [-0.25, -0.2) is 4.79 Å². The topological polar surface area (TPSA) is 98.5 Å². The molecule has 2 aromatic carbocycles. The molecule has 2 aromatic rings. The minimum Gasteiger partial charge on any atom is -0.458 e. The van der Waals surface area contributed by atoms with Crippen LogP contribution in [-0.2, 0) is 9.53 Å². The molecule has 0 spiro atoms. The maximum absolute atomic E-state index is 12.5. The quantitative estimate of drug-likeness (QED) is 0.349. The van der Waals surface area contributed by atoms with Crippen LogP contribution >= 0.6 is 11.6 Å². The van der Waals surface area contributed by atoms with Gasteiger partial charge in [0, 0.05) is 12.1 Å². The number of halogens is 1. The second-order valence-corrected chi connectivity index (χ2v) is 6.21. The monoisotopic (exact) mass is 388 g/mol. The van der Waals surface area contributed by atoms with Crippen molar-refractivity contribution in [2.45, 2.75) is 20.0 Å². The van der Waals surface area contributed by atoms with Gasteiger partial charge in [-0.15, -0.1) is 0 Å². The molecule has 0 aliphatic rings. The Kier molecular flexibility index (Phi) is 6.67. The van der Waals surface area contributed by atoms with Crippen LogP contribution in [0.5, 0.6) is 0 Å². The SMILES string of the molecule is CC(C)OC(=O)C(=Cc1cccc([N+](=O)[O-])c1)NC(=O)c1ccccc1Cl. The fourth-order valence-electron chi connectivity index (χ4n) is 2.15. The van der Waals surface area contributed by atoms with E-state index in [2.05, 4.69) is 5.32 Å². The maximum atomic E-state index is 12.5. The summed E-state index contributed by atoms with van der Waals surface area (Å²) in [4.78, 5) is 35.2. The van der Waals surface area contributed by atoms with E-state index >= 15 is 0 Å². The van der Waals surface area contributed by atoms with Gasteiger partial charge in [-0.05, 0) is 37.6 Å². The molecular weight excluding hydrogens is 372 g/mol. The highest BCUT2D eigenvalue weighted by Gasteiger charge is 2.19. The number of carbonyl (C=O) groups is 2. The molecule has 0 unspecified atom stereocenters. The fraction of sp³-hybridized carbons (Fsp3) is 0.158. The molecule has 2 rings (SSSR count). The Labute approximate surface area is 160 Å². The lowest BCUT2D eigenvalue weighted by Crippen LogP contribution is -2.29. The third-order valence-electron chi connectivity index (χ3n) is 3.32. The Bertz CT molecular complexity index is 908. The van der Waals surface area contributed by atoms with E-state index in [1.54, 1.807) is 38.1 Å². The first-order valence-electron chi connectivity index (χ1n) is 8.01. The Morgan fingerprint density at radius 3 is 2.52 bits per heavy atom. The van der Waals surface area contributed by atoms with Gasteiger partial charge in [0.05, 0.1) is 21.6 Å². The number of carbonyl (C=O) groups excluding carboxylic acids is 2. The predicted octanol–water partition coefficient (Wildman–Crippen LogP) is 3.97. The average molecular weight is 389 g/mol. The number of esters is 1. The van der Waals surface area contributed by atoms with Crippen molar-refractivity contribution in [2.24, 2.45) is 0 Å². The van der Waals surface area contributed by atoms with Gasteiger partial charge in [0.2, 0.25) is 0 Å². The molecule has 1 amide bonds. The second kappa shape index (κ2) is 8.95. The molecule has 27 heavy (non-hydrogen) atoms. The molecule has 1 N–H and O–H groups in total. The summed E-state index contributed by atoms with van der Waals surface area (Å²) >= 11 is 6.01. The molecule has 0 fully saturated rings. The molecule has 0 saturated carbocycles. The molecule has 0 aliphatic carbocycles. The van der Waals surface area contributed by atoms with Gasteiger partial charge in [0.15, 0.2) is 0 Å². The van der Waals surface area contributed by atoms with Crippen LogP contribution in [0.1, 0.15) is 29.8 Å². The van der Waals surface area contributed by atoms with Gasteiger partial charge in [0.1, 0.15) is 5.70 Å². The number of hydrogen-bond acceptors (Lipinski definition) is 5. The van der Waals surface area contributed by atoms with E-state index in [4.69, 9.17) is 16.3 Å². The van der Waals surface area contributed by atoms with Crippen LogP contribution in [0.3, 0.4) is 0 Å². The number of ether oxygens (including phenoxy) is 1. The lowest BCUT2D eigenvalue weighted by molar-refractivity contribution is -0.384. The van der Waals surface area contributed by atoms with Crippen molar-refractivity contribution in [3.05, 3.63) is 80.5 Å². The minimum absolute atomic E-state index is 0.141. The number of nitrogens with one attached hydrogen (secondary N) is 1. The average Bonchev–Trinajstić information content (AvgIpc) is 2.61. The molecule has 0 atom stereocenters. The largest absolute Gasteiger partial charge is 0.458 e. The van der Waals surface area contributed by atoms with Crippen LogP contribution < -0.4 is 5.32 Å². The zero-order chi connectivity index (χ0) is 20.0. The summed E-state index contributed by atoms with van der Waals surface area (Å²) in [5.41, 5.74) is 0.243. The first-order valence-corrected chi connectivity index (χ1v) is 8.38. The highest BCUT2D eigenvalue weighted by molar-refractivity contribution is 6.34. The third kappa shape index (κ3) is 5.65. The molecular formula is C19H17ClN2O5. The summed E-state index contributed by atoms with van der Waals surface area (Å²) in [5.74, 6) is -1.37. The molecule has 0 heterocycles. The van der Waals surface area contributed by atoms with Crippen molar-refractivity contribution in [1.82, 2.24) is 5.32 Å². The molecule has 0 saturated heterocycles. The number of hydrogen-bond donors (Lipinski definition) is 1. The predicted molar refractivity (Wildman–Crippen MR) is 101 cm³/mol. The summed E-state index contributed by atoms with van der Waals surface area (Å²) in [6.07, 6.45) is 0.898. The number of nitro benzene ring substituents is 1. The van der Waals surface area contributed by atoms with Gasteiger partial charge < -0.3 is 10.1 Å². The van der Waals surface area contributed by atoms with E-state index in [-0.39, 0.29) is 22.0 Å². The molecule has 8 heteroatoms. The van der Waals surface area contributed by atoms with Crippen molar-refractivity contribution in [2.75, 3.05) is 0 Å². The Hall–Kier alpha value is -3.19. The highest BCUT2D eigenvalue weighted by atomic mass is 35.5. The van der Waals surface area contributed by atoms with Gasteiger partial charge >= 0.3 is 5.97 Å². The van der Waals surface area contributed by atoms with E-state index in [1.165, 1.54) is 30.3 Å². The van der Waals surface area contributed by atoms with Crippen molar-refractivity contribution in [3.8, 4) is 0 Å². The van der Waals surface area contributed by atoms with Crippen LogP contribution in [-0.4, -0.2) is 22.9 Å². The van der Waals surface area contributed by atoms with E-state index < -0.39 is 22.9 Å². The van der Waals surface area contributed by atoms with Crippen LogP contribution in [0.4, 0.5) is 5.69 Å².